The molecule has 0 bridgehead atoms. The second kappa shape index (κ2) is 8.10. The number of rotatable bonds is 6. The Hall–Kier alpha value is -2.38. The molecule has 1 amide bonds. The van der Waals surface area contributed by atoms with Crippen molar-refractivity contribution >= 4 is 27.3 Å². The molecule has 2 N–H and O–H groups in total. The molecule has 0 fully saturated rings. The summed E-state index contributed by atoms with van der Waals surface area (Å²) in [6.07, 6.45) is 0. The molecule has 0 saturated heterocycles. The molecule has 0 spiro atoms. The second-order valence-corrected chi connectivity index (χ2v) is 9.06. The number of carbonyl (C=O) groups is 1. The van der Waals surface area contributed by atoms with Crippen LogP contribution in [0.25, 0.3) is 0 Å². The van der Waals surface area contributed by atoms with Gasteiger partial charge in [0.15, 0.2) is 0 Å². The van der Waals surface area contributed by atoms with Crippen LogP contribution in [0.3, 0.4) is 0 Å². The van der Waals surface area contributed by atoms with Crippen molar-refractivity contribution in [3.8, 4) is 0 Å². The number of carbonyl (C=O) groups excluding carboxylic acids is 1. The maximum atomic E-state index is 12.4. The largest absolute Gasteiger partial charge is 0.376 e. The molecule has 0 aromatic heterocycles. The zero-order chi connectivity index (χ0) is 20.4. The molecule has 0 radical (unpaired) electrons. The first-order valence-electron chi connectivity index (χ1n) is 8.67. The van der Waals surface area contributed by atoms with Crippen LogP contribution in [0.5, 0.6) is 0 Å². The zero-order valence-corrected chi connectivity index (χ0v) is 17.5. The first kappa shape index (κ1) is 20.9. The summed E-state index contributed by atoms with van der Waals surface area (Å²) in [5, 5.41) is 5.92. The molecule has 6 nitrogen and oxygen atoms in total. The summed E-state index contributed by atoms with van der Waals surface area (Å²) in [6.45, 7) is 7.85. The van der Waals surface area contributed by atoms with E-state index < -0.39 is 10.0 Å². The molecule has 0 aliphatic rings. The fourth-order valence-corrected chi connectivity index (χ4v) is 4.13. The van der Waals surface area contributed by atoms with Crippen LogP contribution in [0.4, 0.5) is 11.4 Å². The zero-order valence-electron chi connectivity index (χ0n) is 16.7. The highest BCUT2D eigenvalue weighted by atomic mass is 32.2. The summed E-state index contributed by atoms with van der Waals surface area (Å²) in [7, 11) is -0.605. The summed E-state index contributed by atoms with van der Waals surface area (Å²) < 4.78 is 26.0. The molecule has 7 heteroatoms. The number of benzene rings is 2. The van der Waals surface area contributed by atoms with E-state index in [1.165, 1.54) is 25.7 Å². The average molecular weight is 390 g/mol. The maximum Gasteiger partial charge on any atom is 0.243 e. The third-order valence-electron chi connectivity index (χ3n) is 4.33. The number of nitrogens with zero attached hydrogens (tertiary/aromatic N) is 1. The molecule has 2 aromatic rings. The normalized spacial score (nSPS) is 11.5. The van der Waals surface area contributed by atoms with Crippen molar-refractivity contribution in [3.63, 3.8) is 0 Å². The maximum absolute atomic E-state index is 12.4. The third-order valence-corrected chi connectivity index (χ3v) is 6.29. The lowest BCUT2D eigenvalue weighted by Crippen LogP contribution is -2.24. The van der Waals surface area contributed by atoms with Gasteiger partial charge < -0.3 is 10.6 Å². The van der Waals surface area contributed by atoms with Gasteiger partial charge >= 0.3 is 0 Å². The minimum atomic E-state index is -3.57. The number of aryl methyl sites for hydroxylation is 4. The van der Waals surface area contributed by atoms with E-state index in [2.05, 4.69) is 22.8 Å². The van der Waals surface area contributed by atoms with Gasteiger partial charge in [0.2, 0.25) is 15.9 Å². The number of sulfonamides is 1. The van der Waals surface area contributed by atoms with Gasteiger partial charge in [-0.15, -0.1) is 0 Å². The van der Waals surface area contributed by atoms with E-state index in [0.717, 1.165) is 21.1 Å². The summed E-state index contributed by atoms with van der Waals surface area (Å²) >= 11 is 0. The SMILES string of the molecule is Cc1cc(C)c(NCC(=O)Nc2ccc(C)c(S(=O)(=O)N(C)C)c2)c(C)c1. The molecule has 146 valence electrons. The van der Waals surface area contributed by atoms with Crippen LogP contribution in [-0.2, 0) is 14.8 Å². The Balaban J connectivity index is 2.13. The van der Waals surface area contributed by atoms with Gasteiger partial charge in [-0.05, 0) is 56.5 Å². The molecule has 0 aliphatic heterocycles. The Bertz CT molecular complexity index is 943. The number of anilines is 2. The van der Waals surface area contributed by atoms with Gasteiger partial charge in [-0.3, -0.25) is 4.79 Å². The van der Waals surface area contributed by atoms with Crippen LogP contribution < -0.4 is 10.6 Å². The Morgan fingerprint density at radius 2 is 1.56 bits per heavy atom. The fourth-order valence-electron chi connectivity index (χ4n) is 2.99. The van der Waals surface area contributed by atoms with Crippen molar-refractivity contribution in [2.45, 2.75) is 32.6 Å². The predicted octanol–water partition coefficient (Wildman–Crippen LogP) is 3.22. The highest BCUT2D eigenvalue weighted by Gasteiger charge is 2.20. The molecule has 27 heavy (non-hydrogen) atoms. The number of hydrogen-bond donors (Lipinski definition) is 2. The van der Waals surface area contributed by atoms with Gasteiger partial charge in [0.05, 0.1) is 11.4 Å². The molecular formula is C20H27N3O3S. The molecule has 0 saturated carbocycles. The highest BCUT2D eigenvalue weighted by Crippen LogP contribution is 2.23. The van der Waals surface area contributed by atoms with E-state index in [1.807, 2.05) is 20.8 Å². The van der Waals surface area contributed by atoms with E-state index in [4.69, 9.17) is 0 Å². The average Bonchev–Trinajstić information content (AvgIpc) is 2.55. The van der Waals surface area contributed by atoms with Gasteiger partial charge in [0.25, 0.3) is 0 Å². The van der Waals surface area contributed by atoms with Crippen LogP contribution in [0, 0.1) is 27.7 Å². The fraction of sp³-hybridized carbons (Fsp3) is 0.350. The Kier molecular flexibility index (Phi) is 6.28. The van der Waals surface area contributed by atoms with Crippen molar-refractivity contribution in [2.75, 3.05) is 31.3 Å². The van der Waals surface area contributed by atoms with Crippen molar-refractivity contribution in [2.24, 2.45) is 0 Å². The molecule has 0 aliphatic carbocycles. The molecule has 0 heterocycles. The van der Waals surface area contributed by atoms with E-state index in [1.54, 1.807) is 19.1 Å². The van der Waals surface area contributed by atoms with Crippen molar-refractivity contribution < 1.29 is 13.2 Å². The summed E-state index contributed by atoms with van der Waals surface area (Å²) in [5.74, 6) is -0.244. The lowest BCUT2D eigenvalue weighted by Gasteiger charge is -2.16. The molecular weight excluding hydrogens is 362 g/mol. The lowest BCUT2D eigenvalue weighted by atomic mass is 10.1. The molecule has 0 unspecified atom stereocenters. The Morgan fingerprint density at radius 3 is 2.11 bits per heavy atom. The molecule has 2 aromatic carbocycles. The lowest BCUT2D eigenvalue weighted by molar-refractivity contribution is -0.114. The third kappa shape index (κ3) is 4.87. The topological polar surface area (TPSA) is 78.5 Å². The first-order valence-corrected chi connectivity index (χ1v) is 10.1. The first-order chi connectivity index (χ1) is 12.5. The summed E-state index contributed by atoms with van der Waals surface area (Å²) in [4.78, 5) is 12.5. The smallest absolute Gasteiger partial charge is 0.243 e. The van der Waals surface area contributed by atoms with Gasteiger partial charge in [0.1, 0.15) is 0 Å². The van der Waals surface area contributed by atoms with Crippen molar-refractivity contribution in [1.29, 1.82) is 0 Å². The van der Waals surface area contributed by atoms with Crippen molar-refractivity contribution in [1.82, 2.24) is 4.31 Å². The van der Waals surface area contributed by atoms with Crippen LogP contribution in [0.2, 0.25) is 0 Å². The monoisotopic (exact) mass is 389 g/mol. The van der Waals surface area contributed by atoms with Crippen molar-refractivity contribution in [3.05, 3.63) is 52.6 Å². The van der Waals surface area contributed by atoms with E-state index in [-0.39, 0.29) is 17.3 Å². The Labute approximate surface area is 161 Å². The van der Waals surface area contributed by atoms with Crippen LogP contribution >= 0.6 is 0 Å². The number of amides is 1. The van der Waals surface area contributed by atoms with E-state index in [9.17, 15) is 13.2 Å². The van der Waals surface area contributed by atoms with Gasteiger partial charge in [-0.25, -0.2) is 12.7 Å². The second-order valence-electron chi connectivity index (χ2n) is 6.94. The van der Waals surface area contributed by atoms with Crippen LogP contribution in [0.1, 0.15) is 22.3 Å². The van der Waals surface area contributed by atoms with Gasteiger partial charge in [-0.1, -0.05) is 23.8 Å². The van der Waals surface area contributed by atoms with Gasteiger partial charge in [0, 0.05) is 25.5 Å². The highest BCUT2D eigenvalue weighted by molar-refractivity contribution is 7.89. The molecule has 0 atom stereocenters. The standard InChI is InChI=1S/C20H27N3O3S/c1-13-9-15(3)20(16(4)10-13)21-12-19(24)22-17-8-7-14(2)18(11-17)27(25,26)23(5)6/h7-11,21H,12H2,1-6H3,(H,22,24). The van der Waals surface area contributed by atoms with Gasteiger partial charge in [-0.2, -0.15) is 0 Å². The summed E-state index contributed by atoms with van der Waals surface area (Å²) in [5.41, 5.74) is 5.35. The minimum Gasteiger partial charge on any atom is -0.376 e. The number of nitrogens with one attached hydrogen (secondary N) is 2. The van der Waals surface area contributed by atoms with E-state index in [0.29, 0.717) is 11.3 Å². The van der Waals surface area contributed by atoms with E-state index >= 15 is 0 Å². The Morgan fingerprint density at radius 1 is 0.963 bits per heavy atom. The molecule has 2 rings (SSSR count). The number of hydrogen-bond acceptors (Lipinski definition) is 4. The van der Waals surface area contributed by atoms with Crippen LogP contribution in [0.15, 0.2) is 35.2 Å². The quantitative estimate of drug-likeness (QED) is 0.795. The minimum absolute atomic E-state index is 0.0916. The van der Waals surface area contributed by atoms with Crippen LogP contribution in [-0.4, -0.2) is 39.3 Å². The predicted molar refractivity (Wildman–Crippen MR) is 110 cm³/mol. The summed E-state index contributed by atoms with van der Waals surface area (Å²) in [6, 6.07) is 9.00.